The van der Waals surface area contributed by atoms with E-state index in [0.29, 0.717) is 48.5 Å². The van der Waals surface area contributed by atoms with Crippen LogP contribution in [0.5, 0.6) is 0 Å². The number of urea groups is 1. The van der Waals surface area contributed by atoms with Gasteiger partial charge in [-0.25, -0.2) is 4.79 Å². The van der Waals surface area contributed by atoms with Gasteiger partial charge in [0.05, 0.1) is 11.6 Å². The number of anilines is 1. The van der Waals surface area contributed by atoms with E-state index < -0.39 is 0 Å². The molecule has 158 valence electrons. The minimum absolute atomic E-state index is 0.0843. The molecule has 1 aromatic heterocycles. The minimum Gasteiger partial charge on any atom is -0.338 e. The van der Waals surface area contributed by atoms with E-state index in [1.165, 1.54) is 10.2 Å². The number of rotatable bonds is 5. The second-order valence-electron chi connectivity index (χ2n) is 8.07. The van der Waals surface area contributed by atoms with E-state index in [-0.39, 0.29) is 11.9 Å². The van der Waals surface area contributed by atoms with Crippen LogP contribution in [0.1, 0.15) is 54.2 Å². The number of aromatic nitrogens is 2. The Morgan fingerprint density at radius 2 is 1.90 bits per heavy atom. The second-order valence-corrected chi connectivity index (χ2v) is 8.07. The number of piperidine rings is 1. The van der Waals surface area contributed by atoms with Crippen molar-refractivity contribution in [3.8, 4) is 6.07 Å². The molecule has 1 saturated heterocycles. The zero-order chi connectivity index (χ0) is 21.7. The van der Waals surface area contributed by atoms with Gasteiger partial charge in [-0.1, -0.05) is 26.0 Å². The van der Waals surface area contributed by atoms with Crippen LogP contribution >= 0.6 is 0 Å². The van der Waals surface area contributed by atoms with Crippen molar-refractivity contribution >= 4 is 17.8 Å². The molecule has 0 aliphatic carbocycles. The highest BCUT2D eigenvalue weighted by atomic mass is 16.2. The van der Waals surface area contributed by atoms with Crippen molar-refractivity contribution in [1.29, 1.82) is 5.26 Å². The third kappa shape index (κ3) is 5.17. The number of aryl methyl sites for hydroxylation is 1. The number of carbonyl (C=O) groups is 2. The monoisotopic (exact) mass is 408 g/mol. The van der Waals surface area contributed by atoms with Crippen molar-refractivity contribution in [2.45, 2.75) is 32.6 Å². The molecule has 8 nitrogen and oxygen atoms in total. The average molecular weight is 409 g/mol. The maximum atomic E-state index is 13.0. The van der Waals surface area contributed by atoms with Gasteiger partial charge in [0.15, 0.2) is 5.82 Å². The molecule has 0 atom stereocenters. The molecule has 8 heteroatoms. The summed E-state index contributed by atoms with van der Waals surface area (Å²) in [6.07, 6.45) is 1.75. The Morgan fingerprint density at radius 1 is 1.23 bits per heavy atom. The molecule has 2 N–H and O–H groups in total. The first-order valence-electron chi connectivity index (χ1n) is 10.3. The Kier molecular flexibility index (Phi) is 6.72. The summed E-state index contributed by atoms with van der Waals surface area (Å²) < 4.78 is 1.51. The maximum Gasteiger partial charge on any atom is 0.320 e. The Bertz CT molecular complexity index is 934. The smallest absolute Gasteiger partial charge is 0.320 e. The topological polar surface area (TPSA) is 103 Å². The molecule has 0 bridgehead atoms. The van der Waals surface area contributed by atoms with E-state index in [4.69, 9.17) is 5.26 Å². The number of likely N-dealkylation sites (tertiary alicyclic amines) is 1. The fourth-order valence-corrected chi connectivity index (χ4v) is 3.59. The highest BCUT2D eigenvalue weighted by Crippen LogP contribution is 2.29. The lowest BCUT2D eigenvalue weighted by atomic mass is 9.89. The molecular formula is C22H28N6O2. The van der Waals surface area contributed by atoms with Crippen LogP contribution in [-0.4, -0.2) is 46.3 Å². The van der Waals surface area contributed by atoms with E-state index in [0.717, 1.165) is 12.8 Å². The maximum absolute atomic E-state index is 13.0. The first-order valence-corrected chi connectivity index (χ1v) is 10.3. The summed E-state index contributed by atoms with van der Waals surface area (Å²) >= 11 is 0. The summed E-state index contributed by atoms with van der Waals surface area (Å²) in [6, 6.07) is 11.1. The predicted octanol–water partition coefficient (Wildman–Crippen LogP) is 3.09. The van der Waals surface area contributed by atoms with Crippen LogP contribution in [0.4, 0.5) is 10.6 Å². The molecular weight excluding hydrogens is 380 g/mol. The zero-order valence-corrected chi connectivity index (χ0v) is 17.7. The van der Waals surface area contributed by atoms with Gasteiger partial charge >= 0.3 is 6.03 Å². The normalized spacial score (nSPS) is 14.4. The molecule has 1 aliphatic heterocycles. The first kappa shape index (κ1) is 21.4. The Morgan fingerprint density at radius 3 is 2.50 bits per heavy atom. The molecule has 3 amide bonds. The van der Waals surface area contributed by atoms with E-state index in [9.17, 15) is 9.59 Å². The molecule has 0 unspecified atom stereocenters. The van der Waals surface area contributed by atoms with Crippen molar-refractivity contribution < 1.29 is 9.59 Å². The third-order valence-electron chi connectivity index (χ3n) is 5.30. The standard InChI is InChI=1S/C22H28N6O2/c1-15(2)14-24-22(30)25-20-12-19(27(3)26-20)21(29)28-10-8-18(9-11-28)17-6-4-16(13-23)5-7-17/h4-7,12,15,18H,8-11,14H2,1-3H3,(H2,24,25,26,30). The van der Waals surface area contributed by atoms with E-state index in [1.807, 2.05) is 43.0 Å². The van der Waals surface area contributed by atoms with Gasteiger partial charge in [-0.05, 0) is 42.4 Å². The Labute approximate surface area is 176 Å². The summed E-state index contributed by atoms with van der Waals surface area (Å²) in [5.41, 5.74) is 2.32. The molecule has 2 heterocycles. The number of nitriles is 1. The molecule has 3 rings (SSSR count). The average Bonchev–Trinajstić information content (AvgIpc) is 3.11. The van der Waals surface area contributed by atoms with Crippen LogP contribution in [0.15, 0.2) is 30.3 Å². The van der Waals surface area contributed by atoms with Crippen molar-refractivity contribution in [3.63, 3.8) is 0 Å². The van der Waals surface area contributed by atoms with Gasteiger partial charge in [0.2, 0.25) is 0 Å². The summed E-state index contributed by atoms with van der Waals surface area (Å²) in [4.78, 5) is 26.7. The highest BCUT2D eigenvalue weighted by Gasteiger charge is 2.26. The van der Waals surface area contributed by atoms with Gasteiger partial charge in [-0.3, -0.25) is 14.8 Å². The number of nitrogens with one attached hydrogen (secondary N) is 2. The van der Waals surface area contributed by atoms with Crippen LogP contribution < -0.4 is 10.6 Å². The molecule has 30 heavy (non-hydrogen) atoms. The van der Waals surface area contributed by atoms with Crippen molar-refractivity contribution in [3.05, 3.63) is 47.2 Å². The van der Waals surface area contributed by atoms with Gasteiger partial charge < -0.3 is 10.2 Å². The largest absolute Gasteiger partial charge is 0.338 e. The first-order chi connectivity index (χ1) is 14.4. The number of nitrogens with zero attached hydrogens (tertiary/aromatic N) is 4. The van der Waals surface area contributed by atoms with Gasteiger partial charge in [-0.2, -0.15) is 10.4 Å². The van der Waals surface area contributed by atoms with E-state index in [2.05, 4.69) is 21.8 Å². The SMILES string of the molecule is CC(C)CNC(=O)Nc1cc(C(=O)N2CCC(c3ccc(C#N)cc3)CC2)n(C)n1. The fourth-order valence-electron chi connectivity index (χ4n) is 3.59. The van der Waals surface area contributed by atoms with Gasteiger partial charge in [0.1, 0.15) is 5.69 Å². The van der Waals surface area contributed by atoms with Gasteiger partial charge in [-0.15, -0.1) is 0 Å². The van der Waals surface area contributed by atoms with Crippen LogP contribution in [-0.2, 0) is 7.05 Å². The second kappa shape index (κ2) is 9.44. The summed E-state index contributed by atoms with van der Waals surface area (Å²) in [5.74, 6) is 1.01. The number of hydrogen-bond donors (Lipinski definition) is 2. The van der Waals surface area contributed by atoms with Crippen molar-refractivity contribution in [1.82, 2.24) is 20.0 Å². The van der Waals surface area contributed by atoms with Crippen molar-refractivity contribution in [2.24, 2.45) is 13.0 Å². The highest BCUT2D eigenvalue weighted by molar-refractivity contribution is 5.95. The predicted molar refractivity (Wildman–Crippen MR) is 114 cm³/mol. The molecule has 2 aromatic rings. The summed E-state index contributed by atoms with van der Waals surface area (Å²) in [5, 5.41) is 18.6. The lowest BCUT2D eigenvalue weighted by molar-refractivity contribution is 0.0702. The van der Waals surface area contributed by atoms with E-state index in [1.54, 1.807) is 13.1 Å². The van der Waals surface area contributed by atoms with Crippen LogP contribution in [0.2, 0.25) is 0 Å². The molecule has 1 aliphatic rings. The van der Waals surface area contributed by atoms with Crippen LogP contribution in [0.25, 0.3) is 0 Å². The van der Waals surface area contributed by atoms with E-state index >= 15 is 0 Å². The van der Waals surface area contributed by atoms with Gasteiger partial charge in [0, 0.05) is 32.7 Å². The summed E-state index contributed by atoms with van der Waals surface area (Å²) in [7, 11) is 1.70. The molecule has 1 aromatic carbocycles. The minimum atomic E-state index is -0.330. The summed E-state index contributed by atoms with van der Waals surface area (Å²) in [6.45, 7) is 5.92. The lowest BCUT2D eigenvalue weighted by Gasteiger charge is -2.32. The van der Waals surface area contributed by atoms with Crippen LogP contribution in [0, 0.1) is 17.2 Å². The number of benzene rings is 1. The number of hydrogen-bond acceptors (Lipinski definition) is 4. The Hall–Kier alpha value is -3.34. The third-order valence-corrected chi connectivity index (χ3v) is 5.30. The quantitative estimate of drug-likeness (QED) is 0.793. The number of carbonyl (C=O) groups excluding carboxylic acids is 2. The van der Waals surface area contributed by atoms with Gasteiger partial charge in [0.25, 0.3) is 5.91 Å². The fraction of sp³-hybridized carbons (Fsp3) is 0.455. The molecule has 0 saturated carbocycles. The zero-order valence-electron chi connectivity index (χ0n) is 17.7. The Balaban J connectivity index is 1.57. The lowest BCUT2D eigenvalue weighted by Crippen LogP contribution is -2.38. The van der Waals surface area contributed by atoms with Crippen LogP contribution in [0.3, 0.4) is 0 Å². The molecule has 0 radical (unpaired) electrons. The molecule has 0 spiro atoms. The van der Waals surface area contributed by atoms with Crippen molar-refractivity contribution in [2.75, 3.05) is 25.0 Å². The molecule has 1 fully saturated rings. The number of amides is 3.